The Kier molecular flexibility index (Phi) is 5.38. The van der Waals surface area contributed by atoms with Gasteiger partial charge in [-0.3, -0.25) is 0 Å². The van der Waals surface area contributed by atoms with E-state index < -0.39 is 54.8 Å². The van der Waals surface area contributed by atoms with Crippen LogP contribution in [0.4, 0.5) is 27.6 Å². The minimum Gasteiger partial charge on any atom is -0.248 e. The van der Waals surface area contributed by atoms with Gasteiger partial charge in [0.1, 0.15) is 26.9 Å². The summed E-state index contributed by atoms with van der Waals surface area (Å²) in [6.45, 7) is 0. The summed E-state index contributed by atoms with van der Waals surface area (Å²) in [5.74, 6) is -3.84. The molecule has 13 heteroatoms. The predicted molar refractivity (Wildman–Crippen MR) is 78.9 cm³/mol. The molecule has 0 saturated heterocycles. The van der Waals surface area contributed by atoms with E-state index in [0.29, 0.717) is 12.1 Å². The van der Waals surface area contributed by atoms with Gasteiger partial charge in [0, 0.05) is 0 Å². The van der Waals surface area contributed by atoms with Gasteiger partial charge in [0.2, 0.25) is 10.6 Å². The fraction of sp³-hybridized carbons (Fsp3) is 0.167. The first-order valence-corrected chi connectivity index (χ1v) is 8.12. The maximum atomic E-state index is 12.8. The second kappa shape index (κ2) is 6.87. The topological polar surface area (TPSA) is 82.9 Å². The van der Waals surface area contributed by atoms with Crippen molar-refractivity contribution in [3.05, 3.63) is 38.3 Å². The lowest BCUT2D eigenvalue weighted by Gasteiger charge is -2.14. The van der Waals surface area contributed by atoms with E-state index in [4.69, 9.17) is 33.9 Å². The summed E-state index contributed by atoms with van der Waals surface area (Å²) in [4.78, 5) is -0.667. The fourth-order valence-corrected chi connectivity index (χ4v) is 3.52. The van der Waals surface area contributed by atoms with Crippen molar-refractivity contribution in [2.45, 2.75) is 11.9 Å². The SMILES string of the molecule is N#CC1=C([S@](=O)C(F)F)C(=[NH2+])[NH+](c2c(Cl)cc(C(F)(F)F)cc2Cl)N1. The lowest BCUT2D eigenvalue weighted by molar-refractivity contribution is -0.787. The molecule has 1 unspecified atom stereocenters. The molecule has 0 saturated carbocycles. The third-order valence-electron chi connectivity index (χ3n) is 3.09. The molecule has 0 bridgehead atoms. The molecule has 4 N–H and O–H groups in total. The Labute approximate surface area is 149 Å². The number of nitrogens with zero attached hydrogens (tertiary/aromatic N) is 1. The Bertz CT molecular complexity index is 826. The molecule has 5 nitrogen and oxygen atoms in total. The summed E-state index contributed by atoms with van der Waals surface area (Å²) in [5, 5.41) is 13.4. The number of benzene rings is 1. The number of allylic oxidation sites excluding steroid dienone is 1. The van der Waals surface area contributed by atoms with E-state index in [9.17, 15) is 26.2 Å². The molecule has 1 heterocycles. The van der Waals surface area contributed by atoms with Crippen LogP contribution in [0.1, 0.15) is 5.56 Å². The first-order chi connectivity index (χ1) is 11.5. The Morgan fingerprint density at radius 3 is 2.20 bits per heavy atom. The largest absolute Gasteiger partial charge is 0.416 e. The van der Waals surface area contributed by atoms with Crippen LogP contribution >= 0.6 is 23.2 Å². The van der Waals surface area contributed by atoms with Gasteiger partial charge in [-0.25, -0.2) is 15.0 Å². The van der Waals surface area contributed by atoms with Crippen LogP contribution in [0, 0.1) is 11.3 Å². The summed E-state index contributed by atoms with van der Waals surface area (Å²) in [5.41, 5.74) is 0.435. The minimum absolute atomic E-state index is 0.233. The average molecular weight is 421 g/mol. The number of halogens is 7. The van der Waals surface area contributed by atoms with Crippen LogP contribution in [-0.2, 0) is 17.0 Å². The quantitative estimate of drug-likeness (QED) is 0.635. The third-order valence-corrected chi connectivity index (χ3v) is 4.83. The Morgan fingerprint density at radius 1 is 1.28 bits per heavy atom. The molecule has 2 atom stereocenters. The van der Waals surface area contributed by atoms with Gasteiger partial charge in [0.05, 0.1) is 5.56 Å². The highest BCUT2D eigenvalue weighted by Crippen LogP contribution is 2.37. The van der Waals surface area contributed by atoms with Crippen molar-refractivity contribution < 1.29 is 36.6 Å². The van der Waals surface area contributed by atoms with Crippen molar-refractivity contribution in [2.24, 2.45) is 0 Å². The van der Waals surface area contributed by atoms with E-state index in [1.165, 1.54) is 6.07 Å². The lowest BCUT2D eigenvalue weighted by Crippen LogP contribution is -3.17. The monoisotopic (exact) mass is 420 g/mol. The molecule has 1 aromatic carbocycles. The van der Waals surface area contributed by atoms with Crippen LogP contribution in [0.5, 0.6) is 0 Å². The molecule has 0 radical (unpaired) electrons. The molecule has 134 valence electrons. The zero-order chi connectivity index (χ0) is 19.1. The van der Waals surface area contributed by atoms with Crippen LogP contribution in [0.3, 0.4) is 0 Å². The number of alkyl halides is 5. The molecule has 25 heavy (non-hydrogen) atoms. The van der Waals surface area contributed by atoms with Gasteiger partial charge in [-0.05, 0) is 12.1 Å². The first-order valence-electron chi connectivity index (χ1n) is 6.15. The van der Waals surface area contributed by atoms with Crippen molar-refractivity contribution >= 4 is 45.5 Å². The molecule has 0 aromatic heterocycles. The normalized spacial score (nSPS) is 19.2. The van der Waals surface area contributed by atoms with Crippen LogP contribution in [0.2, 0.25) is 10.0 Å². The summed E-state index contributed by atoms with van der Waals surface area (Å²) in [6, 6.07) is 2.65. The molecule has 0 fully saturated rings. The number of hydrogen-bond acceptors (Lipinski definition) is 3. The van der Waals surface area contributed by atoms with E-state index in [-0.39, 0.29) is 10.7 Å². The first kappa shape index (κ1) is 19.6. The predicted octanol–water partition coefficient (Wildman–Crippen LogP) is 0.911. The highest BCUT2D eigenvalue weighted by Gasteiger charge is 2.47. The number of quaternary nitrogens is 1. The van der Waals surface area contributed by atoms with Gasteiger partial charge in [-0.15, -0.1) is 5.01 Å². The van der Waals surface area contributed by atoms with E-state index >= 15 is 0 Å². The summed E-state index contributed by atoms with van der Waals surface area (Å²) in [6.07, 6.45) is -4.72. The van der Waals surface area contributed by atoms with Crippen LogP contribution in [-0.4, -0.2) is 15.8 Å². The smallest absolute Gasteiger partial charge is 0.248 e. The van der Waals surface area contributed by atoms with Crippen LogP contribution < -0.4 is 15.8 Å². The van der Waals surface area contributed by atoms with E-state index in [0.717, 1.165) is 0 Å². The van der Waals surface area contributed by atoms with Crippen LogP contribution in [0.15, 0.2) is 22.7 Å². The second-order valence-corrected chi connectivity index (χ2v) is 6.77. The standard InChI is InChI=1S/C12H5Cl2F5N4OS/c13-5-1-4(12(17,18)19)2-6(14)8(5)23-10(21)9(7(3-20)22-23)25(24)11(15)16/h1-2,11,21-22H/p+2/t25-/m0/s1. The molecular formula is C12H7Cl2F5N4OS+2. The number of rotatable bonds is 3. The summed E-state index contributed by atoms with van der Waals surface area (Å²) < 4.78 is 75.3. The van der Waals surface area contributed by atoms with Crippen molar-refractivity contribution in [3.8, 4) is 6.07 Å². The number of hydrogen-bond donors (Lipinski definition) is 3. The Morgan fingerprint density at radius 2 is 1.80 bits per heavy atom. The van der Waals surface area contributed by atoms with Crippen LogP contribution in [0.25, 0.3) is 0 Å². The molecule has 2 rings (SSSR count). The second-order valence-electron chi connectivity index (χ2n) is 4.60. The van der Waals surface area contributed by atoms with Crippen molar-refractivity contribution in [1.82, 2.24) is 5.43 Å². The average Bonchev–Trinajstić information content (AvgIpc) is 2.81. The van der Waals surface area contributed by atoms with E-state index in [2.05, 4.69) is 5.43 Å². The van der Waals surface area contributed by atoms with Gasteiger partial charge < -0.3 is 0 Å². The number of amidine groups is 1. The zero-order valence-electron chi connectivity index (χ0n) is 11.7. The van der Waals surface area contributed by atoms with E-state index in [1.807, 2.05) is 0 Å². The summed E-state index contributed by atoms with van der Waals surface area (Å²) in [7, 11) is -2.92. The van der Waals surface area contributed by atoms with Crippen molar-refractivity contribution in [1.29, 1.82) is 5.26 Å². The maximum Gasteiger partial charge on any atom is 0.416 e. The van der Waals surface area contributed by atoms with Gasteiger partial charge in [-0.2, -0.15) is 27.2 Å². The number of nitrogens with one attached hydrogen (secondary N) is 2. The minimum atomic E-state index is -4.72. The Balaban J connectivity index is 2.51. The van der Waals surface area contributed by atoms with Crippen molar-refractivity contribution in [2.75, 3.05) is 0 Å². The maximum absolute atomic E-state index is 12.8. The molecular weight excluding hydrogens is 414 g/mol. The third kappa shape index (κ3) is 3.62. The number of nitrogens with two attached hydrogens (primary N) is 1. The molecule has 1 aromatic rings. The fourth-order valence-electron chi connectivity index (χ4n) is 2.05. The highest BCUT2D eigenvalue weighted by atomic mass is 35.5. The summed E-state index contributed by atoms with van der Waals surface area (Å²) >= 11 is 11.7. The van der Waals surface area contributed by atoms with E-state index in [1.54, 1.807) is 0 Å². The molecule has 0 amide bonds. The van der Waals surface area contributed by atoms with Crippen molar-refractivity contribution in [3.63, 3.8) is 0 Å². The molecule has 0 aliphatic carbocycles. The zero-order valence-corrected chi connectivity index (χ0v) is 14.0. The molecule has 0 spiro atoms. The molecule has 1 aliphatic heterocycles. The lowest BCUT2D eigenvalue weighted by atomic mass is 10.2. The number of nitriles is 1. The Hall–Kier alpha value is -1.74. The van der Waals surface area contributed by atoms with Gasteiger partial charge in [-0.1, -0.05) is 23.2 Å². The highest BCUT2D eigenvalue weighted by molar-refractivity contribution is 7.90. The van der Waals surface area contributed by atoms with Gasteiger partial charge in [0.25, 0.3) is 0 Å². The van der Waals surface area contributed by atoms with Gasteiger partial charge >= 0.3 is 17.8 Å². The molecule has 1 aliphatic rings. The van der Waals surface area contributed by atoms with Gasteiger partial charge in [0.15, 0.2) is 5.70 Å².